The summed E-state index contributed by atoms with van der Waals surface area (Å²) in [6.07, 6.45) is 5.76. The summed E-state index contributed by atoms with van der Waals surface area (Å²) in [4.78, 5) is 4.51. The van der Waals surface area contributed by atoms with Crippen LogP contribution < -0.4 is 0 Å². The minimum atomic E-state index is 0. The van der Waals surface area contributed by atoms with Crippen molar-refractivity contribution >= 4 is 21.8 Å². The van der Waals surface area contributed by atoms with Crippen LogP contribution in [0.15, 0.2) is 0 Å². The fourth-order valence-corrected chi connectivity index (χ4v) is 1.99. The third-order valence-electron chi connectivity index (χ3n) is 2.70. The van der Waals surface area contributed by atoms with Gasteiger partial charge < -0.3 is 4.98 Å². The molecule has 3 aromatic rings. The Labute approximate surface area is 133 Å². The molecular weight excluding hydrogens is 570 g/mol. The van der Waals surface area contributed by atoms with E-state index >= 15 is 0 Å². The standard InChI is InChI=1S/C11H9N5.2W/c1-6-8-4-12-13-5-9(8)10-7(2)15-16(3)11(10)14-6;;/h1-3H3;;/q-2;;. The minimum absolute atomic E-state index is 0. The Morgan fingerprint density at radius 3 is 2.22 bits per heavy atom. The molecule has 0 saturated heterocycles. The average molecular weight is 579 g/mol. The van der Waals surface area contributed by atoms with Crippen molar-refractivity contribution in [3.63, 3.8) is 0 Å². The van der Waals surface area contributed by atoms with Crippen LogP contribution in [0.3, 0.4) is 0 Å². The predicted molar refractivity (Wildman–Crippen MR) is 58.8 cm³/mol. The summed E-state index contributed by atoms with van der Waals surface area (Å²) in [5.74, 6) is 0. The summed E-state index contributed by atoms with van der Waals surface area (Å²) in [6, 6.07) is 0. The van der Waals surface area contributed by atoms with Crippen molar-refractivity contribution in [2.24, 2.45) is 7.05 Å². The van der Waals surface area contributed by atoms with E-state index in [9.17, 15) is 0 Å². The number of pyridine rings is 1. The van der Waals surface area contributed by atoms with Crippen molar-refractivity contribution in [1.29, 1.82) is 0 Å². The summed E-state index contributed by atoms with van der Waals surface area (Å²) in [5.41, 5.74) is 2.64. The summed E-state index contributed by atoms with van der Waals surface area (Å²) in [5, 5.41) is 14.6. The van der Waals surface area contributed by atoms with Gasteiger partial charge in [-0.2, -0.15) is 5.10 Å². The molecule has 0 saturated carbocycles. The van der Waals surface area contributed by atoms with Crippen LogP contribution >= 0.6 is 0 Å². The van der Waals surface area contributed by atoms with E-state index in [4.69, 9.17) is 0 Å². The zero-order chi connectivity index (χ0) is 11.3. The number of hydrogen-bond acceptors (Lipinski definition) is 4. The summed E-state index contributed by atoms with van der Waals surface area (Å²) in [6.45, 7) is 3.88. The van der Waals surface area contributed by atoms with E-state index in [2.05, 4.69) is 32.7 Å². The van der Waals surface area contributed by atoms with Crippen molar-refractivity contribution in [1.82, 2.24) is 25.0 Å². The van der Waals surface area contributed by atoms with Crippen LogP contribution in [-0.4, -0.2) is 25.0 Å². The van der Waals surface area contributed by atoms with E-state index in [1.54, 1.807) is 4.68 Å². The van der Waals surface area contributed by atoms with Crippen LogP contribution in [0.5, 0.6) is 0 Å². The van der Waals surface area contributed by atoms with E-state index < -0.39 is 0 Å². The molecule has 3 aromatic heterocycles. The minimum Gasteiger partial charge on any atom is -0.325 e. The first-order valence-electron chi connectivity index (χ1n) is 4.94. The molecule has 0 N–H and O–H groups in total. The Morgan fingerprint density at radius 1 is 0.944 bits per heavy atom. The number of rotatable bonds is 0. The molecule has 92 valence electrons. The van der Waals surface area contributed by atoms with E-state index in [0.717, 1.165) is 33.2 Å². The molecule has 18 heavy (non-hydrogen) atoms. The van der Waals surface area contributed by atoms with Crippen LogP contribution in [0.4, 0.5) is 0 Å². The normalized spacial score (nSPS) is 10.2. The van der Waals surface area contributed by atoms with Crippen molar-refractivity contribution in [3.8, 4) is 0 Å². The Kier molecular flexibility index (Phi) is 4.74. The smallest absolute Gasteiger partial charge is 0.0752 e. The molecule has 0 bridgehead atoms. The maximum atomic E-state index is 4.51. The van der Waals surface area contributed by atoms with Gasteiger partial charge in [-0.25, -0.2) is 0 Å². The molecule has 5 nitrogen and oxygen atoms in total. The zero-order valence-electron chi connectivity index (χ0n) is 10.1. The van der Waals surface area contributed by atoms with Crippen LogP contribution in [-0.2, 0) is 49.2 Å². The van der Waals surface area contributed by atoms with Gasteiger partial charge in [-0.05, 0) is 6.92 Å². The second-order valence-electron chi connectivity index (χ2n) is 3.78. The molecule has 0 fully saturated rings. The van der Waals surface area contributed by atoms with Gasteiger partial charge in [0.2, 0.25) is 0 Å². The van der Waals surface area contributed by atoms with E-state index in [1.165, 1.54) is 0 Å². The summed E-state index contributed by atoms with van der Waals surface area (Å²) >= 11 is 0. The van der Waals surface area contributed by atoms with Crippen LogP contribution in [0.1, 0.15) is 11.4 Å². The topological polar surface area (TPSA) is 56.5 Å². The molecular formula is C11H9N5W2-2. The fourth-order valence-electron chi connectivity index (χ4n) is 1.99. The predicted octanol–water partition coefficient (Wildman–Crippen LogP) is 1.12. The number of hydrogen-bond donors (Lipinski definition) is 0. The molecule has 0 unspecified atom stereocenters. The molecule has 0 aromatic carbocycles. The Balaban J connectivity index is 0.000000810. The molecule has 0 aliphatic heterocycles. The first kappa shape index (κ1) is 15.4. The third kappa shape index (κ3) is 2.14. The zero-order valence-corrected chi connectivity index (χ0v) is 15.9. The molecule has 0 radical (unpaired) electrons. The maximum Gasteiger partial charge on any atom is 0.0752 e. The van der Waals surface area contributed by atoms with Gasteiger partial charge in [0.15, 0.2) is 0 Å². The second-order valence-corrected chi connectivity index (χ2v) is 3.78. The first-order valence-corrected chi connectivity index (χ1v) is 4.94. The number of nitrogens with zero attached hydrogens (tertiary/aromatic N) is 5. The molecule has 0 aliphatic carbocycles. The molecule has 0 spiro atoms. The van der Waals surface area contributed by atoms with E-state index in [0.29, 0.717) is 0 Å². The fraction of sp³-hybridized carbons (Fsp3) is 0.273. The third-order valence-corrected chi connectivity index (χ3v) is 2.70. The van der Waals surface area contributed by atoms with Crippen molar-refractivity contribution in [2.75, 3.05) is 0 Å². The van der Waals surface area contributed by atoms with Gasteiger partial charge >= 0.3 is 0 Å². The van der Waals surface area contributed by atoms with Crippen LogP contribution in [0.2, 0.25) is 0 Å². The number of aryl methyl sites for hydroxylation is 3. The monoisotopic (exact) mass is 579 g/mol. The van der Waals surface area contributed by atoms with Gasteiger partial charge in [0.25, 0.3) is 0 Å². The second kappa shape index (κ2) is 5.54. The molecule has 3 heterocycles. The largest absolute Gasteiger partial charge is 0.325 e. The molecule has 3 rings (SSSR count). The van der Waals surface area contributed by atoms with E-state index in [-0.39, 0.29) is 42.1 Å². The van der Waals surface area contributed by atoms with Crippen molar-refractivity contribution < 1.29 is 42.1 Å². The van der Waals surface area contributed by atoms with Gasteiger partial charge in [0, 0.05) is 54.9 Å². The van der Waals surface area contributed by atoms with Crippen molar-refractivity contribution in [2.45, 2.75) is 13.8 Å². The van der Waals surface area contributed by atoms with Gasteiger partial charge in [0.05, 0.1) is 5.65 Å². The van der Waals surface area contributed by atoms with Crippen LogP contribution in [0.25, 0.3) is 21.8 Å². The summed E-state index contributed by atoms with van der Waals surface area (Å²) in [7, 11) is 1.88. The van der Waals surface area contributed by atoms with Crippen molar-refractivity contribution in [3.05, 3.63) is 23.8 Å². The molecule has 0 atom stereocenters. The van der Waals surface area contributed by atoms with Gasteiger partial charge in [-0.15, -0.1) is 23.5 Å². The SMILES string of the molecule is Cc1nc2c(c(C)nn2C)c2[c-]nn[c-]c12.[W].[W]. The Morgan fingerprint density at radius 2 is 1.56 bits per heavy atom. The van der Waals surface area contributed by atoms with Gasteiger partial charge in [-0.3, -0.25) is 25.7 Å². The van der Waals surface area contributed by atoms with Crippen LogP contribution in [0, 0.1) is 26.2 Å². The van der Waals surface area contributed by atoms with E-state index in [1.807, 2.05) is 20.9 Å². The first-order chi connectivity index (χ1) is 7.68. The number of fused-ring (bicyclic) bond motifs is 3. The van der Waals surface area contributed by atoms with Gasteiger partial charge in [-0.1, -0.05) is 6.92 Å². The van der Waals surface area contributed by atoms with Gasteiger partial charge in [0.1, 0.15) is 0 Å². The average Bonchev–Trinajstić information content (AvgIpc) is 2.55. The molecule has 0 aliphatic rings. The molecule has 7 heteroatoms. The Bertz CT molecular complexity index is 707. The Hall–Kier alpha value is -0.663. The summed E-state index contributed by atoms with van der Waals surface area (Å²) < 4.78 is 1.77. The quantitative estimate of drug-likeness (QED) is 0.376. The molecule has 0 amide bonds. The number of aromatic nitrogens is 5. The maximum absolute atomic E-state index is 4.51.